The van der Waals surface area contributed by atoms with Crippen LogP contribution in [0.4, 0.5) is 0 Å². The molecule has 0 saturated carbocycles. The minimum absolute atomic E-state index is 0.0367. The van der Waals surface area contributed by atoms with Crippen molar-refractivity contribution in [3.63, 3.8) is 0 Å². The Kier molecular flexibility index (Phi) is 11.8. The Balaban J connectivity index is 1.05. The molecule has 0 aliphatic rings. The van der Waals surface area contributed by atoms with Gasteiger partial charge in [-0.3, -0.25) is 0 Å². The van der Waals surface area contributed by atoms with Crippen LogP contribution in [0.5, 0.6) is 23.0 Å². The highest BCUT2D eigenvalue weighted by molar-refractivity contribution is 7.92. The van der Waals surface area contributed by atoms with Crippen LogP contribution in [0.1, 0.15) is 43.6 Å². The third-order valence-corrected chi connectivity index (χ3v) is 12.1. The van der Waals surface area contributed by atoms with Gasteiger partial charge >= 0.3 is 0 Å². The molecular weight excluding hydrogens is 709 g/mol. The minimum Gasteiger partial charge on any atom is -0.492 e. The van der Waals surface area contributed by atoms with E-state index in [1.54, 1.807) is 60.7 Å². The lowest BCUT2D eigenvalue weighted by Gasteiger charge is -2.16. The zero-order valence-corrected chi connectivity index (χ0v) is 31.0. The molecule has 2 atom stereocenters. The van der Waals surface area contributed by atoms with Crippen LogP contribution in [0.2, 0.25) is 0 Å². The Bertz CT molecular complexity index is 2140. The van der Waals surface area contributed by atoms with Crippen molar-refractivity contribution < 1.29 is 35.8 Å². The topological polar surface area (TPSA) is 105 Å². The van der Waals surface area contributed by atoms with Crippen LogP contribution < -0.4 is 18.9 Å². The summed E-state index contributed by atoms with van der Waals surface area (Å²) in [5.41, 5.74) is 2.02. The molecule has 0 bridgehead atoms. The van der Waals surface area contributed by atoms with Gasteiger partial charge in [0.25, 0.3) is 0 Å². The second kappa shape index (κ2) is 16.8. The highest BCUT2D eigenvalue weighted by Crippen LogP contribution is 2.33. The molecule has 6 aromatic rings. The van der Waals surface area contributed by atoms with Gasteiger partial charge < -0.3 is 18.9 Å². The zero-order valence-electron chi connectivity index (χ0n) is 29.4. The maximum Gasteiger partial charge on any atom is 0.210 e. The molecular formula is C43H40O8S2. The van der Waals surface area contributed by atoms with Crippen molar-refractivity contribution >= 4 is 19.7 Å². The molecule has 0 radical (unpaired) electrons. The fourth-order valence-electron chi connectivity index (χ4n) is 5.65. The number of hydrogen-bond donors (Lipinski definition) is 0. The van der Waals surface area contributed by atoms with E-state index in [1.807, 2.05) is 74.5 Å². The molecule has 0 spiro atoms. The Hall–Kier alpha value is -5.58. The van der Waals surface area contributed by atoms with Crippen molar-refractivity contribution in [1.29, 1.82) is 0 Å². The van der Waals surface area contributed by atoms with Gasteiger partial charge in [0.05, 0.1) is 23.0 Å². The fraction of sp³-hybridized carbons (Fsp3) is 0.163. The standard InChI is InChI=1S/C43H40O8S2/c1-32(34-14-5-3-6-15-34)50-36-22-26-38(27-23-36)52(44,45)42-20-11-9-18-40(42)48-30-13-31-49-41-19-10-12-21-43(41)53(46,47)39-28-24-37(25-29-39)51-33(2)35-16-7-4-8-17-35/h3-12,14-29,32-33H,13,30-31H2,1-2H3. The molecule has 6 rings (SSSR count). The molecule has 0 fully saturated rings. The van der Waals surface area contributed by atoms with Crippen LogP contribution in [0.25, 0.3) is 0 Å². The Morgan fingerprint density at radius 2 is 0.774 bits per heavy atom. The van der Waals surface area contributed by atoms with Gasteiger partial charge in [-0.2, -0.15) is 0 Å². The average Bonchev–Trinajstić information content (AvgIpc) is 3.19. The van der Waals surface area contributed by atoms with E-state index < -0.39 is 19.7 Å². The Labute approximate surface area is 311 Å². The lowest BCUT2D eigenvalue weighted by Crippen LogP contribution is -2.10. The summed E-state index contributed by atoms with van der Waals surface area (Å²) in [5.74, 6) is 1.52. The van der Waals surface area contributed by atoms with E-state index in [2.05, 4.69) is 0 Å². The van der Waals surface area contributed by atoms with E-state index in [0.717, 1.165) is 11.1 Å². The molecule has 10 heteroatoms. The smallest absolute Gasteiger partial charge is 0.210 e. The largest absolute Gasteiger partial charge is 0.492 e. The molecule has 0 heterocycles. The average molecular weight is 749 g/mol. The summed E-state index contributed by atoms with van der Waals surface area (Å²) >= 11 is 0. The van der Waals surface area contributed by atoms with E-state index in [1.165, 1.54) is 36.4 Å². The van der Waals surface area contributed by atoms with Crippen molar-refractivity contribution in [2.24, 2.45) is 0 Å². The van der Waals surface area contributed by atoms with Crippen LogP contribution in [0, 0.1) is 0 Å². The van der Waals surface area contributed by atoms with Crippen molar-refractivity contribution in [2.45, 2.75) is 52.1 Å². The van der Waals surface area contributed by atoms with Gasteiger partial charge in [-0.25, -0.2) is 16.8 Å². The number of hydrogen-bond acceptors (Lipinski definition) is 8. The van der Waals surface area contributed by atoms with E-state index >= 15 is 0 Å². The molecule has 0 N–H and O–H groups in total. The molecule has 0 amide bonds. The van der Waals surface area contributed by atoms with E-state index in [4.69, 9.17) is 18.9 Å². The summed E-state index contributed by atoms with van der Waals surface area (Å²) in [4.78, 5) is 0.292. The summed E-state index contributed by atoms with van der Waals surface area (Å²) < 4.78 is 78.5. The lowest BCUT2D eigenvalue weighted by atomic mass is 10.1. The summed E-state index contributed by atoms with van der Waals surface area (Å²) in [6.07, 6.45) is -0.0515. The molecule has 0 aliphatic carbocycles. The van der Waals surface area contributed by atoms with E-state index in [-0.39, 0.29) is 56.5 Å². The van der Waals surface area contributed by atoms with Crippen molar-refractivity contribution in [2.75, 3.05) is 13.2 Å². The van der Waals surface area contributed by atoms with Gasteiger partial charge in [0.2, 0.25) is 19.7 Å². The Morgan fingerprint density at radius 1 is 0.434 bits per heavy atom. The third-order valence-electron chi connectivity index (χ3n) is 8.51. The third kappa shape index (κ3) is 9.08. The predicted octanol–water partition coefficient (Wildman–Crippen LogP) is 9.48. The summed E-state index contributed by atoms with van der Waals surface area (Å²) in [7, 11) is -7.82. The number of sulfone groups is 2. The lowest BCUT2D eigenvalue weighted by molar-refractivity contribution is 0.226. The number of ether oxygens (including phenoxy) is 4. The molecule has 6 aromatic carbocycles. The molecule has 0 saturated heterocycles. The maximum absolute atomic E-state index is 13.6. The van der Waals surface area contributed by atoms with Crippen molar-refractivity contribution in [3.8, 4) is 23.0 Å². The molecule has 0 aromatic heterocycles. The number of rotatable bonds is 16. The first kappa shape index (κ1) is 37.2. The molecule has 272 valence electrons. The van der Waals surface area contributed by atoms with Gasteiger partial charge in [0, 0.05) is 6.42 Å². The zero-order chi connectivity index (χ0) is 37.3. The molecule has 0 aliphatic heterocycles. The first-order valence-electron chi connectivity index (χ1n) is 17.2. The first-order chi connectivity index (χ1) is 25.6. The second-order valence-electron chi connectivity index (χ2n) is 12.2. The van der Waals surface area contributed by atoms with E-state index in [9.17, 15) is 16.8 Å². The normalized spacial score (nSPS) is 12.7. The highest BCUT2D eigenvalue weighted by atomic mass is 32.2. The maximum atomic E-state index is 13.6. The van der Waals surface area contributed by atoms with Crippen LogP contribution in [0.15, 0.2) is 177 Å². The quantitative estimate of drug-likeness (QED) is 0.0902. The molecule has 53 heavy (non-hydrogen) atoms. The predicted molar refractivity (Wildman–Crippen MR) is 203 cm³/mol. The monoisotopic (exact) mass is 748 g/mol. The van der Waals surface area contributed by atoms with Gasteiger partial charge in [0.15, 0.2) is 0 Å². The number of benzene rings is 6. The summed E-state index contributed by atoms with van der Waals surface area (Å²) in [6, 6.07) is 45.1. The summed E-state index contributed by atoms with van der Waals surface area (Å²) in [5, 5.41) is 0. The first-order valence-corrected chi connectivity index (χ1v) is 20.2. The number of para-hydroxylation sites is 2. The van der Waals surface area contributed by atoms with Crippen molar-refractivity contribution in [1.82, 2.24) is 0 Å². The molecule has 8 nitrogen and oxygen atoms in total. The van der Waals surface area contributed by atoms with Crippen molar-refractivity contribution in [3.05, 3.63) is 169 Å². The van der Waals surface area contributed by atoms with Gasteiger partial charge in [-0.15, -0.1) is 0 Å². The van der Waals surface area contributed by atoms with Crippen LogP contribution >= 0.6 is 0 Å². The fourth-order valence-corrected chi connectivity index (χ4v) is 8.44. The van der Waals surface area contributed by atoms with Crippen LogP contribution in [-0.4, -0.2) is 30.0 Å². The van der Waals surface area contributed by atoms with Gasteiger partial charge in [-0.1, -0.05) is 84.9 Å². The van der Waals surface area contributed by atoms with E-state index in [0.29, 0.717) is 17.9 Å². The summed E-state index contributed by atoms with van der Waals surface area (Å²) in [6.45, 7) is 4.13. The van der Waals surface area contributed by atoms with Crippen LogP contribution in [-0.2, 0) is 19.7 Å². The highest BCUT2D eigenvalue weighted by Gasteiger charge is 2.24. The van der Waals surface area contributed by atoms with Gasteiger partial charge in [0.1, 0.15) is 45.0 Å². The Morgan fingerprint density at radius 3 is 1.15 bits per heavy atom. The van der Waals surface area contributed by atoms with Crippen LogP contribution in [0.3, 0.4) is 0 Å². The second-order valence-corrected chi connectivity index (χ2v) is 16.1. The SMILES string of the molecule is CC(Oc1ccc(S(=O)(=O)c2ccccc2OCCCOc2ccccc2S(=O)(=O)c2ccc(OC(C)c3ccccc3)cc2)cc1)c1ccccc1. The molecule has 2 unspecified atom stereocenters. The minimum atomic E-state index is -3.91. The van der Waals surface area contributed by atoms with Gasteiger partial charge in [-0.05, 0) is 97.8 Å².